The van der Waals surface area contributed by atoms with E-state index >= 15 is 0 Å². The zero-order valence-electron chi connectivity index (χ0n) is 18.8. The van der Waals surface area contributed by atoms with Crippen molar-refractivity contribution < 1.29 is 24.6 Å². The Balaban J connectivity index is 1.52. The van der Waals surface area contributed by atoms with Crippen LogP contribution in [-0.4, -0.2) is 50.1 Å². The van der Waals surface area contributed by atoms with E-state index in [1.807, 2.05) is 12.1 Å². The Morgan fingerprint density at radius 3 is 2.59 bits per heavy atom. The van der Waals surface area contributed by atoms with Crippen molar-refractivity contribution in [2.75, 3.05) is 11.1 Å². The molecule has 0 saturated heterocycles. The van der Waals surface area contributed by atoms with Crippen molar-refractivity contribution in [3.8, 4) is 0 Å². The number of H-pyrrole nitrogens is 1. The maximum absolute atomic E-state index is 12.4. The average Bonchev–Trinajstić information content (AvgIpc) is 2.77. The number of anilines is 2. The highest BCUT2D eigenvalue weighted by Gasteiger charge is 2.27. The predicted molar refractivity (Wildman–Crippen MR) is 125 cm³/mol. The number of hydrogen-bond acceptors (Lipinski definition) is 7. The lowest BCUT2D eigenvalue weighted by Crippen LogP contribution is -2.41. The second-order valence-electron chi connectivity index (χ2n) is 8.56. The Labute approximate surface area is 195 Å². The molecule has 3 atom stereocenters. The SMILES string of the molecule is CC1Nc2nc(N)[nH]c(=O)c2CC1CCCc1ccc(C(=O)N[C@@H](CCC(=O)O)C(=O)O)cc1. The van der Waals surface area contributed by atoms with Crippen LogP contribution < -0.4 is 21.9 Å². The first-order valence-corrected chi connectivity index (χ1v) is 11.1. The Morgan fingerprint density at radius 2 is 1.94 bits per heavy atom. The van der Waals surface area contributed by atoms with E-state index < -0.39 is 23.9 Å². The number of nitrogens with zero attached hydrogens (tertiary/aromatic N) is 1. The number of aromatic nitrogens is 2. The third-order valence-electron chi connectivity index (χ3n) is 6.08. The zero-order chi connectivity index (χ0) is 24.8. The van der Waals surface area contributed by atoms with Crippen molar-refractivity contribution in [3.05, 3.63) is 51.3 Å². The van der Waals surface area contributed by atoms with Crippen molar-refractivity contribution in [3.63, 3.8) is 0 Å². The van der Waals surface area contributed by atoms with Crippen LogP contribution >= 0.6 is 0 Å². The molecule has 1 aromatic heterocycles. The number of fused-ring (bicyclic) bond motifs is 1. The van der Waals surface area contributed by atoms with Gasteiger partial charge in [-0.1, -0.05) is 12.1 Å². The molecule has 1 aliphatic heterocycles. The zero-order valence-corrected chi connectivity index (χ0v) is 18.8. The van der Waals surface area contributed by atoms with Crippen molar-refractivity contribution in [2.24, 2.45) is 5.92 Å². The van der Waals surface area contributed by atoms with Gasteiger partial charge in [0.2, 0.25) is 5.95 Å². The van der Waals surface area contributed by atoms with Gasteiger partial charge in [-0.3, -0.25) is 19.4 Å². The van der Waals surface area contributed by atoms with Gasteiger partial charge in [0.25, 0.3) is 11.5 Å². The topological polar surface area (TPSA) is 187 Å². The quantitative estimate of drug-likeness (QED) is 0.297. The largest absolute Gasteiger partial charge is 0.481 e. The highest BCUT2D eigenvalue weighted by Crippen LogP contribution is 2.28. The van der Waals surface area contributed by atoms with E-state index in [1.54, 1.807) is 12.1 Å². The van der Waals surface area contributed by atoms with Crippen LogP contribution in [0.15, 0.2) is 29.1 Å². The molecular weight excluding hydrogens is 442 g/mol. The van der Waals surface area contributed by atoms with E-state index in [4.69, 9.17) is 10.8 Å². The van der Waals surface area contributed by atoms with Crippen LogP contribution in [0.2, 0.25) is 0 Å². The Bertz CT molecular complexity index is 1110. The van der Waals surface area contributed by atoms with Crippen LogP contribution in [0.4, 0.5) is 11.8 Å². The number of carboxylic acid groups (broad SMARTS) is 2. The number of aryl methyl sites for hydroxylation is 1. The number of nitrogens with two attached hydrogens (primary N) is 1. The van der Waals surface area contributed by atoms with Gasteiger partial charge in [0.15, 0.2) is 0 Å². The number of aliphatic carboxylic acids is 2. The molecule has 0 bridgehead atoms. The summed E-state index contributed by atoms with van der Waals surface area (Å²) in [6, 6.07) is 5.76. The van der Waals surface area contributed by atoms with Gasteiger partial charge in [-0.25, -0.2) is 4.79 Å². The monoisotopic (exact) mass is 471 g/mol. The fourth-order valence-electron chi connectivity index (χ4n) is 4.11. The summed E-state index contributed by atoms with van der Waals surface area (Å²) in [5, 5.41) is 23.6. The van der Waals surface area contributed by atoms with E-state index in [0.717, 1.165) is 24.8 Å². The summed E-state index contributed by atoms with van der Waals surface area (Å²) in [4.78, 5) is 53.2. The summed E-state index contributed by atoms with van der Waals surface area (Å²) in [5.74, 6) is -2.06. The van der Waals surface area contributed by atoms with Gasteiger partial charge in [0, 0.05) is 18.0 Å². The molecule has 34 heavy (non-hydrogen) atoms. The van der Waals surface area contributed by atoms with Crippen LogP contribution in [0, 0.1) is 5.92 Å². The maximum Gasteiger partial charge on any atom is 0.326 e. The summed E-state index contributed by atoms with van der Waals surface area (Å²) in [6.45, 7) is 2.06. The molecule has 2 aromatic rings. The first-order valence-electron chi connectivity index (χ1n) is 11.1. The number of nitrogens with one attached hydrogen (secondary N) is 3. The van der Waals surface area contributed by atoms with Crippen molar-refractivity contribution in [1.82, 2.24) is 15.3 Å². The lowest BCUT2D eigenvalue weighted by atomic mass is 9.85. The molecule has 0 aliphatic carbocycles. The summed E-state index contributed by atoms with van der Waals surface area (Å²) < 4.78 is 0. The molecule has 0 spiro atoms. The molecule has 7 N–H and O–H groups in total. The molecule has 11 nitrogen and oxygen atoms in total. The number of nitrogen functional groups attached to an aromatic ring is 1. The van der Waals surface area contributed by atoms with Crippen molar-refractivity contribution in [2.45, 2.75) is 57.5 Å². The lowest BCUT2D eigenvalue weighted by Gasteiger charge is -2.31. The molecule has 1 amide bonds. The Morgan fingerprint density at radius 1 is 1.24 bits per heavy atom. The van der Waals surface area contributed by atoms with Crippen molar-refractivity contribution >= 4 is 29.6 Å². The first-order chi connectivity index (χ1) is 16.1. The Hall–Kier alpha value is -3.89. The van der Waals surface area contributed by atoms with Gasteiger partial charge in [-0.15, -0.1) is 0 Å². The molecule has 11 heteroatoms. The molecule has 0 saturated carbocycles. The first kappa shape index (κ1) is 24.7. The number of rotatable bonds is 10. The third kappa shape index (κ3) is 6.33. The Kier molecular flexibility index (Phi) is 7.87. The molecule has 2 heterocycles. The van der Waals surface area contributed by atoms with Gasteiger partial charge in [0.05, 0.1) is 5.56 Å². The summed E-state index contributed by atoms with van der Waals surface area (Å²) in [7, 11) is 0. The average molecular weight is 472 g/mol. The summed E-state index contributed by atoms with van der Waals surface area (Å²) >= 11 is 0. The standard InChI is InChI=1S/C23H29N5O6/c1-12-15(11-16-19(25-12)27-23(24)28-21(16)32)4-2-3-13-5-7-14(8-6-13)20(31)26-17(22(33)34)9-10-18(29)30/h5-8,12,15,17H,2-4,9-11H2,1H3,(H,26,31)(H,29,30)(H,33,34)(H4,24,25,27,28,32)/t12?,15?,17-/m0/s1. The van der Waals surface area contributed by atoms with E-state index in [0.29, 0.717) is 23.4 Å². The molecule has 1 aromatic carbocycles. The normalized spacial score (nSPS) is 17.8. The molecule has 0 radical (unpaired) electrons. The van der Waals surface area contributed by atoms with Crippen LogP contribution in [0.1, 0.15) is 54.1 Å². The number of aromatic amines is 1. The molecule has 2 unspecified atom stereocenters. The molecule has 1 aliphatic rings. The number of hydrogen-bond donors (Lipinski definition) is 6. The van der Waals surface area contributed by atoms with Gasteiger partial charge in [0.1, 0.15) is 11.9 Å². The predicted octanol–water partition coefficient (Wildman–Crippen LogP) is 1.40. The number of amides is 1. The number of carbonyl (C=O) groups is 3. The van der Waals surface area contributed by atoms with E-state index in [1.165, 1.54) is 0 Å². The summed E-state index contributed by atoms with van der Waals surface area (Å²) in [5.41, 5.74) is 7.36. The molecule has 182 valence electrons. The number of carboxylic acids is 2. The van der Waals surface area contributed by atoms with E-state index in [2.05, 4.69) is 27.5 Å². The molecular formula is C23H29N5O6. The van der Waals surface area contributed by atoms with E-state index in [9.17, 15) is 24.3 Å². The molecule has 0 fully saturated rings. The van der Waals surface area contributed by atoms with Gasteiger partial charge >= 0.3 is 11.9 Å². The maximum atomic E-state index is 12.4. The smallest absolute Gasteiger partial charge is 0.326 e. The van der Waals surface area contributed by atoms with Crippen molar-refractivity contribution in [1.29, 1.82) is 0 Å². The minimum atomic E-state index is -1.28. The van der Waals surface area contributed by atoms with Crippen LogP contribution in [0.3, 0.4) is 0 Å². The second kappa shape index (κ2) is 10.8. The van der Waals surface area contributed by atoms with Gasteiger partial charge in [-0.2, -0.15) is 4.98 Å². The third-order valence-corrected chi connectivity index (χ3v) is 6.08. The van der Waals surface area contributed by atoms with Crippen LogP contribution in [-0.2, 0) is 22.4 Å². The lowest BCUT2D eigenvalue weighted by molar-refractivity contribution is -0.140. The molecule has 3 rings (SSSR count). The van der Waals surface area contributed by atoms with Crippen LogP contribution in [0.25, 0.3) is 0 Å². The fourth-order valence-corrected chi connectivity index (χ4v) is 4.11. The van der Waals surface area contributed by atoms with Gasteiger partial charge in [-0.05, 0) is 62.6 Å². The van der Waals surface area contributed by atoms with Gasteiger partial charge < -0.3 is 26.6 Å². The van der Waals surface area contributed by atoms with Crippen LogP contribution in [0.5, 0.6) is 0 Å². The second-order valence-corrected chi connectivity index (χ2v) is 8.56. The number of benzene rings is 1. The number of carbonyl (C=O) groups excluding carboxylic acids is 1. The highest BCUT2D eigenvalue weighted by atomic mass is 16.4. The van der Waals surface area contributed by atoms with E-state index in [-0.39, 0.29) is 36.3 Å². The highest BCUT2D eigenvalue weighted by molar-refractivity contribution is 5.96. The fraction of sp³-hybridized carbons (Fsp3) is 0.435. The minimum Gasteiger partial charge on any atom is -0.481 e. The summed E-state index contributed by atoms with van der Waals surface area (Å²) in [6.07, 6.45) is 2.64. The minimum absolute atomic E-state index is 0.0952.